The summed E-state index contributed by atoms with van der Waals surface area (Å²) in [5, 5.41) is 0. The van der Waals surface area contributed by atoms with E-state index in [9.17, 15) is 0 Å². The largest absolute Gasteiger partial charge is 0.497 e. The van der Waals surface area contributed by atoms with Crippen LogP contribution in [0.5, 0.6) is 17.2 Å². The van der Waals surface area contributed by atoms with Crippen LogP contribution in [0.15, 0.2) is 36.4 Å². The third-order valence-corrected chi connectivity index (χ3v) is 5.48. The molecule has 2 bridgehead atoms. The van der Waals surface area contributed by atoms with Crippen LogP contribution in [0.2, 0.25) is 0 Å². The molecule has 3 heteroatoms. The van der Waals surface area contributed by atoms with Crippen molar-refractivity contribution in [2.75, 3.05) is 21.3 Å². The number of hydrogen-bond acceptors (Lipinski definition) is 3. The Hall–Kier alpha value is -2.60. The molecular weight excluding hydrogens is 312 g/mol. The Bertz CT molecular complexity index is 842. The normalized spacial score (nSPS) is 22.8. The second-order valence-corrected chi connectivity index (χ2v) is 6.72. The summed E-state index contributed by atoms with van der Waals surface area (Å²) in [5.41, 5.74) is 3.85. The van der Waals surface area contributed by atoms with Crippen molar-refractivity contribution in [1.29, 1.82) is 0 Å². The minimum absolute atomic E-state index is 0.415. The monoisotopic (exact) mass is 334 g/mol. The van der Waals surface area contributed by atoms with Crippen molar-refractivity contribution < 1.29 is 14.2 Å². The summed E-state index contributed by atoms with van der Waals surface area (Å²) in [5.74, 6) is 10.9. The van der Waals surface area contributed by atoms with E-state index in [1.54, 1.807) is 21.3 Å². The van der Waals surface area contributed by atoms with Crippen molar-refractivity contribution >= 4 is 0 Å². The molecule has 0 N–H and O–H groups in total. The highest BCUT2D eigenvalue weighted by molar-refractivity contribution is 5.54. The molecule has 0 saturated heterocycles. The van der Waals surface area contributed by atoms with Crippen LogP contribution in [0, 0.1) is 17.8 Å². The summed E-state index contributed by atoms with van der Waals surface area (Å²) in [6.45, 7) is 0. The highest BCUT2D eigenvalue weighted by Crippen LogP contribution is 2.57. The summed E-state index contributed by atoms with van der Waals surface area (Å²) in [6, 6.07) is 12.3. The van der Waals surface area contributed by atoms with Crippen molar-refractivity contribution in [3.05, 3.63) is 53.1 Å². The first-order valence-corrected chi connectivity index (χ1v) is 8.65. The molecule has 2 aromatic rings. The average Bonchev–Trinajstić information content (AvgIpc) is 3.24. The van der Waals surface area contributed by atoms with Crippen LogP contribution in [-0.4, -0.2) is 21.3 Å². The van der Waals surface area contributed by atoms with Gasteiger partial charge in [-0.25, -0.2) is 0 Å². The molecule has 1 fully saturated rings. The van der Waals surface area contributed by atoms with Crippen molar-refractivity contribution in [2.45, 2.75) is 24.7 Å². The van der Waals surface area contributed by atoms with Crippen LogP contribution in [0.4, 0.5) is 0 Å². The van der Waals surface area contributed by atoms with Crippen molar-refractivity contribution in [3.63, 3.8) is 0 Å². The van der Waals surface area contributed by atoms with E-state index in [1.165, 1.54) is 17.5 Å². The molecular formula is C22H22O3. The minimum atomic E-state index is 0.415. The fourth-order valence-corrected chi connectivity index (χ4v) is 4.23. The van der Waals surface area contributed by atoms with Crippen LogP contribution in [-0.2, 0) is 0 Å². The maximum absolute atomic E-state index is 5.48. The molecule has 2 aromatic carbocycles. The highest BCUT2D eigenvalue weighted by Gasteiger charge is 2.43. The van der Waals surface area contributed by atoms with Crippen molar-refractivity contribution in [2.24, 2.45) is 5.92 Å². The Morgan fingerprint density at radius 3 is 2.16 bits per heavy atom. The van der Waals surface area contributed by atoms with E-state index in [1.807, 2.05) is 24.3 Å². The average molecular weight is 334 g/mol. The molecule has 0 radical (unpaired) electrons. The zero-order chi connectivity index (χ0) is 17.4. The number of ether oxygens (including phenoxy) is 3. The number of benzene rings is 2. The first-order valence-electron chi connectivity index (χ1n) is 8.65. The van der Waals surface area contributed by atoms with Crippen LogP contribution in [0.1, 0.15) is 41.4 Å². The lowest BCUT2D eigenvalue weighted by atomic mass is 9.83. The Balaban J connectivity index is 1.59. The van der Waals surface area contributed by atoms with Gasteiger partial charge in [0.15, 0.2) is 11.5 Å². The van der Waals surface area contributed by atoms with Gasteiger partial charge in [-0.2, -0.15) is 0 Å². The van der Waals surface area contributed by atoms with Crippen molar-refractivity contribution in [1.82, 2.24) is 0 Å². The molecule has 0 spiro atoms. The van der Waals surface area contributed by atoms with Gasteiger partial charge in [-0.3, -0.25) is 0 Å². The molecule has 1 saturated carbocycles. The van der Waals surface area contributed by atoms with E-state index in [0.717, 1.165) is 29.2 Å². The van der Waals surface area contributed by atoms with Crippen LogP contribution < -0.4 is 14.2 Å². The fraction of sp³-hybridized carbons (Fsp3) is 0.364. The molecule has 0 aromatic heterocycles. The van der Waals surface area contributed by atoms with E-state index in [2.05, 4.69) is 24.0 Å². The minimum Gasteiger partial charge on any atom is -0.497 e. The van der Waals surface area contributed by atoms with Gasteiger partial charge in [-0.15, -0.1) is 0 Å². The number of fused-ring (bicyclic) bond motifs is 5. The van der Waals surface area contributed by atoms with Crippen LogP contribution in [0.3, 0.4) is 0 Å². The summed E-state index contributed by atoms with van der Waals surface area (Å²) in [6.07, 6.45) is 2.32. The second kappa shape index (κ2) is 6.37. The van der Waals surface area contributed by atoms with E-state index in [0.29, 0.717) is 17.8 Å². The molecule has 25 heavy (non-hydrogen) atoms. The van der Waals surface area contributed by atoms with E-state index in [-0.39, 0.29) is 0 Å². The Labute approximate surface area is 148 Å². The van der Waals surface area contributed by atoms with Gasteiger partial charge in [-0.05, 0) is 72.2 Å². The van der Waals surface area contributed by atoms with E-state index in [4.69, 9.17) is 14.2 Å². The number of methoxy groups -OCH3 is 3. The van der Waals surface area contributed by atoms with Crippen molar-refractivity contribution in [3.8, 4) is 29.1 Å². The van der Waals surface area contributed by atoms with Gasteiger partial charge >= 0.3 is 0 Å². The quantitative estimate of drug-likeness (QED) is 0.781. The van der Waals surface area contributed by atoms with Gasteiger partial charge < -0.3 is 14.2 Å². The zero-order valence-electron chi connectivity index (χ0n) is 14.8. The predicted molar refractivity (Wildman–Crippen MR) is 97.6 cm³/mol. The van der Waals surface area contributed by atoms with E-state index < -0.39 is 0 Å². The van der Waals surface area contributed by atoms with Gasteiger partial charge in [0.05, 0.1) is 21.3 Å². The van der Waals surface area contributed by atoms with Crippen LogP contribution in [0.25, 0.3) is 0 Å². The molecule has 0 aliphatic heterocycles. The van der Waals surface area contributed by atoms with Crippen LogP contribution >= 0.6 is 0 Å². The Morgan fingerprint density at radius 2 is 1.52 bits per heavy atom. The highest BCUT2D eigenvalue weighted by atomic mass is 16.5. The maximum atomic E-state index is 5.48. The second-order valence-electron chi connectivity index (χ2n) is 6.72. The first-order chi connectivity index (χ1) is 12.2. The summed E-state index contributed by atoms with van der Waals surface area (Å²) in [4.78, 5) is 0. The molecule has 2 aliphatic rings. The summed E-state index contributed by atoms with van der Waals surface area (Å²) < 4.78 is 16.1. The molecule has 0 unspecified atom stereocenters. The Kier molecular flexibility index (Phi) is 4.05. The fourth-order valence-electron chi connectivity index (χ4n) is 4.23. The number of hydrogen-bond donors (Lipinski definition) is 0. The lowest BCUT2D eigenvalue weighted by Gasteiger charge is -2.22. The van der Waals surface area contributed by atoms with Gasteiger partial charge in [0.25, 0.3) is 0 Å². The predicted octanol–water partition coefficient (Wildman–Crippen LogP) is 4.35. The Morgan fingerprint density at radius 1 is 0.840 bits per heavy atom. The van der Waals surface area contributed by atoms with E-state index >= 15 is 0 Å². The molecule has 2 aliphatic carbocycles. The van der Waals surface area contributed by atoms with Gasteiger partial charge in [0.1, 0.15) is 5.75 Å². The molecule has 4 rings (SSSR count). The topological polar surface area (TPSA) is 27.7 Å². The summed E-state index contributed by atoms with van der Waals surface area (Å²) in [7, 11) is 5.07. The van der Waals surface area contributed by atoms with Gasteiger partial charge in [0, 0.05) is 11.5 Å². The summed E-state index contributed by atoms with van der Waals surface area (Å²) >= 11 is 0. The number of rotatable bonds is 3. The third-order valence-electron chi connectivity index (χ3n) is 5.48. The smallest absolute Gasteiger partial charge is 0.161 e. The lowest BCUT2D eigenvalue weighted by Crippen LogP contribution is -2.09. The molecule has 128 valence electrons. The first kappa shape index (κ1) is 15.9. The molecule has 3 nitrogen and oxygen atoms in total. The zero-order valence-corrected chi connectivity index (χ0v) is 14.8. The maximum Gasteiger partial charge on any atom is 0.161 e. The van der Waals surface area contributed by atoms with Gasteiger partial charge in [0.2, 0.25) is 0 Å². The third kappa shape index (κ3) is 2.72. The molecule has 0 heterocycles. The molecule has 0 amide bonds. The lowest BCUT2D eigenvalue weighted by molar-refractivity contribution is 0.353. The SMILES string of the molecule is COc1ccc(C#C[C@H]2C[C@H]3C[C@@H]2c2cc(OC)c(OC)cc23)cc1. The molecule has 3 atom stereocenters. The standard InChI is InChI=1S/C22H22O3/c1-23-17-8-5-14(6-9-17)4-7-15-10-16-11-18(15)20-13-22(25-3)21(24-2)12-19(16)20/h5-6,8-9,12-13,15-16,18H,10-11H2,1-3H3/t15-,16-,18-/m0/s1. The van der Waals surface area contributed by atoms with Gasteiger partial charge in [-0.1, -0.05) is 11.8 Å².